The molecule has 12 nitrogen and oxygen atoms in total. The number of carboxylic acid groups (broad SMARTS) is 2. The highest BCUT2D eigenvalue weighted by molar-refractivity contribution is 7.98. The van der Waals surface area contributed by atoms with Gasteiger partial charge in [-0.25, -0.2) is 4.79 Å². The second-order valence-electron chi connectivity index (χ2n) is 9.40. The van der Waals surface area contributed by atoms with E-state index in [4.69, 9.17) is 5.73 Å². The molecule has 4 unspecified atom stereocenters. The number of rotatable bonds is 17. The van der Waals surface area contributed by atoms with Crippen LogP contribution in [0.15, 0.2) is 54.6 Å². The average molecular weight is 589 g/mol. The third kappa shape index (κ3) is 11.9. The zero-order valence-corrected chi connectivity index (χ0v) is 23.4. The van der Waals surface area contributed by atoms with E-state index < -0.39 is 60.2 Å². The van der Waals surface area contributed by atoms with Gasteiger partial charge in [0.15, 0.2) is 0 Å². The van der Waals surface area contributed by atoms with Gasteiger partial charge in [-0.2, -0.15) is 11.8 Å². The van der Waals surface area contributed by atoms with Crippen LogP contribution >= 0.6 is 11.8 Å². The minimum atomic E-state index is -1.33. The van der Waals surface area contributed by atoms with Crippen LogP contribution in [-0.2, 0) is 36.8 Å². The molecule has 13 heteroatoms. The van der Waals surface area contributed by atoms with Crippen LogP contribution < -0.4 is 21.7 Å². The fourth-order valence-corrected chi connectivity index (χ4v) is 4.36. The topological polar surface area (TPSA) is 208 Å². The van der Waals surface area contributed by atoms with Gasteiger partial charge in [0.05, 0.1) is 6.04 Å². The Labute approximate surface area is 242 Å². The van der Waals surface area contributed by atoms with Gasteiger partial charge in [-0.3, -0.25) is 19.2 Å². The summed E-state index contributed by atoms with van der Waals surface area (Å²) in [5.41, 5.74) is 7.37. The number of hydrogen-bond acceptors (Lipinski definition) is 8. The van der Waals surface area contributed by atoms with Crippen molar-refractivity contribution in [2.45, 2.75) is 56.3 Å². The van der Waals surface area contributed by atoms with Gasteiger partial charge in [0.2, 0.25) is 17.7 Å². The molecule has 0 aliphatic carbocycles. The molecule has 0 aromatic heterocycles. The van der Waals surface area contributed by atoms with Crippen LogP contribution in [0.5, 0.6) is 5.75 Å². The lowest BCUT2D eigenvalue weighted by atomic mass is 10.0. The van der Waals surface area contributed by atoms with E-state index in [1.54, 1.807) is 48.7 Å². The maximum atomic E-state index is 13.3. The fraction of sp³-hybridized carbons (Fsp3) is 0.393. The Hall–Kier alpha value is -4.10. The molecular formula is C28H36N4O8S. The normalized spacial score (nSPS) is 13.7. The summed E-state index contributed by atoms with van der Waals surface area (Å²) < 4.78 is 0. The maximum absolute atomic E-state index is 13.3. The third-order valence-corrected chi connectivity index (χ3v) is 6.79. The van der Waals surface area contributed by atoms with Gasteiger partial charge < -0.3 is 37.0 Å². The largest absolute Gasteiger partial charge is 0.508 e. The van der Waals surface area contributed by atoms with Gasteiger partial charge in [-0.15, -0.1) is 0 Å². The lowest BCUT2D eigenvalue weighted by Gasteiger charge is -2.25. The molecule has 0 saturated heterocycles. The van der Waals surface area contributed by atoms with E-state index in [1.165, 1.54) is 23.9 Å². The Kier molecular flexibility index (Phi) is 13.6. The molecule has 8 N–H and O–H groups in total. The van der Waals surface area contributed by atoms with Crippen molar-refractivity contribution in [1.29, 1.82) is 0 Å². The van der Waals surface area contributed by atoms with E-state index in [0.29, 0.717) is 16.9 Å². The number of nitrogens with two attached hydrogens (primary N) is 1. The van der Waals surface area contributed by atoms with Crippen molar-refractivity contribution in [1.82, 2.24) is 16.0 Å². The van der Waals surface area contributed by atoms with Crippen molar-refractivity contribution in [2.75, 3.05) is 12.0 Å². The second-order valence-corrected chi connectivity index (χ2v) is 10.4. The number of phenolic OH excluding ortho intramolecular Hbond substituents is 1. The van der Waals surface area contributed by atoms with E-state index in [2.05, 4.69) is 16.0 Å². The molecule has 0 fully saturated rings. The Morgan fingerprint density at radius 3 is 1.90 bits per heavy atom. The summed E-state index contributed by atoms with van der Waals surface area (Å²) in [4.78, 5) is 62.3. The van der Waals surface area contributed by atoms with Crippen molar-refractivity contribution < 1.29 is 39.3 Å². The molecule has 0 saturated carbocycles. The number of aliphatic carboxylic acids is 2. The van der Waals surface area contributed by atoms with Crippen molar-refractivity contribution in [3.8, 4) is 5.75 Å². The molecule has 41 heavy (non-hydrogen) atoms. The number of carboxylic acids is 2. The van der Waals surface area contributed by atoms with Gasteiger partial charge in [0.1, 0.15) is 23.9 Å². The van der Waals surface area contributed by atoms with E-state index in [9.17, 15) is 39.3 Å². The Bertz CT molecular complexity index is 1180. The standard InChI is InChI=1S/C28H36N4O8S/c1-41-14-13-22(28(39)40)31-27(38)23(16-17-5-3-2-4-6-17)32-26(37)21(11-12-24(34)35)30-25(36)20(29)15-18-7-9-19(33)10-8-18/h2-10,20-23,33H,11-16,29H2,1H3,(H,30,36)(H,31,38)(H,32,37)(H,34,35)(H,39,40). The molecule has 0 radical (unpaired) electrons. The molecule has 2 aromatic rings. The number of carbonyl (C=O) groups is 5. The van der Waals surface area contributed by atoms with Crippen LogP contribution in [-0.4, -0.2) is 81.2 Å². The van der Waals surface area contributed by atoms with Gasteiger partial charge in [-0.1, -0.05) is 42.5 Å². The number of aromatic hydroxyl groups is 1. The second kappa shape index (κ2) is 16.9. The van der Waals surface area contributed by atoms with Crippen LogP contribution in [0.3, 0.4) is 0 Å². The minimum absolute atomic E-state index is 0.0211. The van der Waals surface area contributed by atoms with Crippen LogP contribution in [0, 0.1) is 0 Å². The zero-order valence-electron chi connectivity index (χ0n) is 22.6. The first-order valence-electron chi connectivity index (χ1n) is 12.9. The Morgan fingerprint density at radius 2 is 1.32 bits per heavy atom. The predicted molar refractivity (Wildman–Crippen MR) is 153 cm³/mol. The number of amides is 3. The molecule has 0 aliphatic heterocycles. The van der Waals surface area contributed by atoms with Gasteiger partial charge >= 0.3 is 11.9 Å². The summed E-state index contributed by atoms with van der Waals surface area (Å²) in [6.45, 7) is 0. The molecule has 222 valence electrons. The van der Waals surface area contributed by atoms with Gasteiger partial charge in [0, 0.05) is 12.8 Å². The van der Waals surface area contributed by atoms with E-state index in [0.717, 1.165) is 0 Å². The number of phenols is 1. The Balaban J connectivity index is 2.21. The summed E-state index contributed by atoms with van der Waals surface area (Å²) in [5.74, 6) is -4.14. The zero-order chi connectivity index (χ0) is 30.4. The molecular weight excluding hydrogens is 552 g/mol. The maximum Gasteiger partial charge on any atom is 0.326 e. The highest BCUT2D eigenvalue weighted by Gasteiger charge is 2.30. The van der Waals surface area contributed by atoms with Crippen LogP contribution in [0.2, 0.25) is 0 Å². The smallest absolute Gasteiger partial charge is 0.326 e. The minimum Gasteiger partial charge on any atom is -0.508 e. The van der Waals surface area contributed by atoms with E-state index >= 15 is 0 Å². The predicted octanol–water partition coefficient (Wildman–Crippen LogP) is 0.662. The highest BCUT2D eigenvalue weighted by atomic mass is 32.2. The fourth-order valence-electron chi connectivity index (χ4n) is 3.89. The average Bonchev–Trinajstić information content (AvgIpc) is 2.94. The molecule has 2 rings (SSSR count). The number of nitrogens with one attached hydrogen (secondary N) is 3. The van der Waals surface area contributed by atoms with E-state index in [1.807, 2.05) is 0 Å². The summed E-state index contributed by atoms with van der Waals surface area (Å²) in [6, 6.07) is 10.0. The van der Waals surface area contributed by atoms with Crippen molar-refractivity contribution >= 4 is 41.4 Å². The van der Waals surface area contributed by atoms with Crippen LogP contribution in [0.1, 0.15) is 30.4 Å². The number of carbonyl (C=O) groups excluding carboxylic acids is 3. The summed E-state index contributed by atoms with van der Waals surface area (Å²) in [5, 5.41) is 35.7. The Morgan fingerprint density at radius 1 is 0.756 bits per heavy atom. The summed E-state index contributed by atoms with van der Waals surface area (Å²) in [6.07, 6.45) is 1.37. The van der Waals surface area contributed by atoms with E-state index in [-0.39, 0.29) is 31.4 Å². The first-order chi connectivity index (χ1) is 19.5. The molecule has 0 bridgehead atoms. The lowest BCUT2D eigenvalue weighted by Crippen LogP contribution is -2.57. The van der Waals surface area contributed by atoms with Crippen molar-refractivity contribution in [3.05, 3.63) is 65.7 Å². The molecule has 0 aliphatic rings. The summed E-state index contributed by atoms with van der Waals surface area (Å²) in [7, 11) is 0. The number of thioether (sulfide) groups is 1. The van der Waals surface area contributed by atoms with Crippen molar-refractivity contribution in [3.63, 3.8) is 0 Å². The SMILES string of the molecule is CSCCC(NC(=O)C(Cc1ccccc1)NC(=O)C(CCC(=O)O)NC(=O)C(N)Cc1ccc(O)cc1)C(=O)O. The highest BCUT2D eigenvalue weighted by Crippen LogP contribution is 2.12. The van der Waals surface area contributed by atoms with Crippen LogP contribution in [0.4, 0.5) is 0 Å². The third-order valence-electron chi connectivity index (χ3n) is 6.15. The van der Waals surface area contributed by atoms with Crippen molar-refractivity contribution in [2.24, 2.45) is 5.73 Å². The molecule has 3 amide bonds. The first kappa shape index (κ1) is 33.1. The molecule has 0 heterocycles. The summed E-state index contributed by atoms with van der Waals surface area (Å²) >= 11 is 1.42. The molecule has 4 atom stereocenters. The molecule has 2 aromatic carbocycles. The van der Waals surface area contributed by atoms with Crippen LogP contribution in [0.25, 0.3) is 0 Å². The van der Waals surface area contributed by atoms with Gasteiger partial charge in [-0.05, 0) is 54.5 Å². The van der Waals surface area contributed by atoms with Gasteiger partial charge in [0.25, 0.3) is 0 Å². The number of hydrogen-bond donors (Lipinski definition) is 7. The quantitative estimate of drug-likeness (QED) is 0.137. The molecule has 0 spiro atoms. The number of benzene rings is 2. The first-order valence-corrected chi connectivity index (χ1v) is 14.3. The lowest BCUT2D eigenvalue weighted by molar-refractivity contribution is -0.142. The monoisotopic (exact) mass is 588 g/mol.